The molecule has 0 saturated carbocycles. The number of nitrogens with zero attached hydrogens (tertiary/aromatic N) is 1. The van der Waals surface area contributed by atoms with Gasteiger partial charge in [-0.05, 0) is 37.7 Å². The summed E-state index contributed by atoms with van der Waals surface area (Å²) in [6.45, 7) is 2.92. The maximum absolute atomic E-state index is 5.56. The number of benzene rings is 1. The molecule has 2 atom stereocenters. The average molecular weight is 250 g/mol. The first-order chi connectivity index (χ1) is 8.18. The van der Waals surface area contributed by atoms with E-state index in [1.54, 1.807) is 0 Å². The summed E-state index contributed by atoms with van der Waals surface area (Å²) in [4.78, 5) is 2.10. The van der Waals surface area contributed by atoms with Gasteiger partial charge < -0.3 is 15.0 Å². The van der Waals surface area contributed by atoms with Crippen molar-refractivity contribution in [3.05, 3.63) is 30.3 Å². The fourth-order valence-electron chi connectivity index (χ4n) is 2.11. The van der Waals surface area contributed by atoms with Crippen LogP contribution in [0.25, 0.3) is 0 Å². The predicted molar refractivity (Wildman–Crippen MR) is 74.2 cm³/mol. The molecule has 1 aromatic carbocycles. The molecule has 0 bridgehead atoms. The zero-order chi connectivity index (χ0) is 12.3. The van der Waals surface area contributed by atoms with Crippen LogP contribution < -0.4 is 5.32 Å². The highest BCUT2D eigenvalue weighted by Crippen LogP contribution is 2.19. The number of nitrogens with one attached hydrogen (secondary N) is 1. The van der Waals surface area contributed by atoms with Crippen LogP contribution in [0.5, 0.6) is 0 Å². The normalized spacial score (nSPS) is 23.4. The van der Waals surface area contributed by atoms with E-state index in [2.05, 4.69) is 17.1 Å². The van der Waals surface area contributed by atoms with Crippen molar-refractivity contribution in [2.75, 3.05) is 19.0 Å². The third-order valence-electron chi connectivity index (χ3n) is 3.18. The lowest BCUT2D eigenvalue weighted by Gasteiger charge is -2.29. The lowest BCUT2D eigenvalue weighted by molar-refractivity contribution is 0.100. The number of likely N-dealkylation sites (N-methyl/N-ethyl adjacent to an activating group) is 1. The highest BCUT2D eigenvalue weighted by molar-refractivity contribution is 7.80. The van der Waals surface area contributed by atoms with E-state index >= 15 is 0 Å². The molecule has 1 aromatic rings. The fraction of sp³-hybridized carbons (Fsp3) is 0.462. The Bertz CT molecular complexity index is 382. The molecule has 1 heterocycles. The van der Waals surface area contributed by atoms with E-state index in [1.807, 2.05) is 37.4 Å². The maximum atomic E-state index is 5.56. The average Bonchev–Trinajstić information content (AvgIpc) is 2.76. The van der Waals surface area contributed by atoms with E-state index in [9.17, 15) is 0 Å². The molecule has 0 aliphatic carbocycles. The second kappa shape index (κ2) is 5.47. The number of para-hydroxylation sites is 1. The molecule has 0 radical (unpaired) electrons. The molecule has 0 spiro atoms. The summed E-state index contributed by atoms with van der Waals surface area (Å²) < 4.78 is 5.56. The summed E-state index contributed by atoms with van der Waals surface area (Å²) >= 11 is 5.41. The van der Waals surface area contributed by atoms with Gasteiger partial charge in [0.2, 0.25) is 0 Å². The molecule has 2 unspecified atom stereocenters. The van der Waals surface area contributed by atoms with Crippen molar-refractivity contribution < 1.29 is 4.74 Å². The topological polar surface area (TPSA) is 24.5 Å². The van der Waals surface area contributed by atoms with Crippen molar-refractivity contribution >= 4 is 23.0 Å². The lowest BCUT2D eigenvalue weighted by atomic mass is 10.1. The van der Waals surface area contributed by atoms with Gasteiger partial charge in [-0.3, -0.25) is 0 Å². The van der Waals surface area contributed by atoms with Gasteiger partial charge in [-0.2, -0.15) is 0 Å². The highest BCUT2D eigenvalue weighted by Gasteiger charge is 2.29. The largest absolute Gasteiger partial charge is 0.376 e. The second-order valence-corrected chi connectivity index (χ2v) is 4.73. The summed E-state index contributed by atoms with van der Waals surface area (Å²) in [5, 5.41) is 3.99. The number of anilines is 1. The molecule has 0 amide bonds. The number of rotatable bonds is 2. The van der Waals surface area contributed by atoms with Crippen LogP contribution in [0.2, 0.25) is 0 Å². The number of hydrogen-bond acceptors (Lipinski definition) is 2. The van der Waals surface area contributed by atoms with E-state index < -0.39 is 0 Å². The van der Waals surface area contributed by atoms with Crippen LogP contribution in [0, 0.1) is 0 Å². The zero-order valence-electron chi connectivity index (χ0n) is 10.2. The molecular weight excluding hydrogens is 232 g/mol. The number of hydrogen-bond donors (Lipinski definition) is 1. The maximum Gasteiger partial charge on any atom is 0.173 e. The predicted octanol–water partition coefficient (Wildman–Crippen LogP) is 2.49. The Morgan fingerprint density at radius 1 is 1.41 bits per heavy atom. The van der Waals surface area contributed by atoms with Crippen LogP contribution in [0.1, 0.15) is 13.3 Å². The first-order valence-corrected chi connectivity index (χ1v) is 6.30. The first kappa shape index (κ1) is 12.3. The summed E-state index contributed by atoms with van der Waals surface area (Å²) in [5.74, 6) is 0. The quantitative estimate of drug-likeness (QED) is 0.815. The van der Waals surface area contributed by atoms with E-state index in [4.69, 9.17) is 17.0 Å². The van der Waals surface area contributed by atoms with Crippen LogP contribution in [0.3, 0.4) is 0 Å². The standard InChI is InChI=1S/C13H18N2OS/c1-10-12(8-9-16-10)15(2)13(17)14-11-6-4-3-5-7-11/h3-7,10,12H,8-9H2,1-2H3,(H,14,17). The van der Waals surface area contributed by atoms with Crippen molar-refractivity contribution in [1.82, 2.24) is 4.90 Å². The fourth-order valence-corrected chi connectivity index (χ4v) is 2.37. The van der Waals surface area contributed by atoms with Crippen molar-refractivity contribution in [1.29, 1.82) is 0 Å². The van der Waals surface area contributed by atoms with Crippen LogP contribution in [-0.2, 0) is 4.74 Å². The monoisotopic (exact) mass is 250 g/mol. The molecule has 2 rings (SSSR count). The van der Waals surface area contributed by atoms with E-state index in [0.29, 0.717) is 6.04 Å². The molecule has 17 heavy (non-hydrogen) atoms. The molecule has 1 N–H and O–H groups in total. The van der Waals surface area contributed by atoms with Gasteiger partial charge >= 0.3 is 0 Å². The Labute approximate surface area is 108 Å². The molecule has 1 aliphatic heterocycles. The Balaban J connectivity index is 1.96. The van der Waals surface area contributed by atoms with E-state index in [-0.39, 0.29) is 6.10 Å². The van der Waals surface area contributed by atoms with Crippen LogP contribution >= 0.6 is 12.2 Å². The Morgan fingerprint density at radius 3 is 2.71 bits per heavy atom. The van der Waals surface area contributed by atoms with Gasteiger partial charge in [0.25, 0.3) is 0 Å². The molecule has 1 aliphatic rings. The lowest BCUT2D eigenvalue weighted by Crippen LogP contribution is -2.43. The van der Waals surface area contributed by atoms with Gasteiger partial charge in [-0.1, -0.05) is 18.2 Å². The molecular formula is C13H18N2OS. The minimum atomic E-state index is 0.246. The smallest absolute Gasteiger partial charge is 0.173 e. The molecule has 4 heteroatoms. The zero-order valence-corrected chi connectivity index (χ0v) is 11.0. The van der Waals surface area contributed by atoms with Crippen LogP contribution in [-0.4, -0.2) is 35.8 Å². The van der Waals surface area contributed by atoms with E-state index in [0.717, 1.165) is 23.8 Å². The van der Waals surface area contributed by atoms with Crippen molar-refractivity contribution in [3.8, 4) is 0 Å². The molecule has 1 fully saturated rings. The van der Waals surface area contributed by atoms with Gasteiger partial charge in [-0.15, -0.1) is 0 Å². The number of thiocarbonyl (C=S) groups is 1. The molecule has 92 valence electrons. The van der Waals surface area contributed by atoms with Gasteiger partial charge in [0.15, 0.2) is 5.11 Å². The van der Waals surface area contributed by atoms with Crippen LogP contribution in [0.15, 0.2) is 30.3 Å². The third-order valence-corrected chi connectivity index (χ3v) is 3.57. The third kappa shape index (κ3) is 2.96. The van der Waals surface area contributed by atoms with Gasteiger partial charge in [-0.25, -0.2) is 0 Å². The summed E-state index contributed by atoms with van der Waals surface area (Å²) in [5.41, 5.74) is 1.02. The molecule has 1 saturated heterocycles. The Morgan fingerprint density at radius 2 is 2.12 bits per heavy atom. The van der Waals surface area contributed by atoms with E-state index in [1.165, 1.54) is 0 Å². The number of ether oxygens (including phenoxy) is 1. The van der Waals surface area contributed by atoms with Gasteiger partial charge in [0.1, 0.15) is 0 Å². The second-order valence-electron chi connectivity index (χ2n) is 4.34. The Kier molecular flexibility index (Phi) is 3.97. The Hall–Kier alpha value is -1.13. The van der Waals surface area contributed by atoms with Crippen molar-refractivity contribution in [2.45, 2.75) is 25.5 Å². The SMILES string of the molecule is CC1OCCC1N(C)C(=S)Nc1ccccc1. The minimum Gasteiger partial charge on any atom is -0.376 e. The minimum absolute atomic E-state index is 0.246. The van der Waals surface area contributed by atoms with Crippen molar-refractivity contribution in [2.24, 2.45) is 0 Å². The summed E-state index contributed by atoms with van der Waals surface area (Å²) in [6.07, 6.45) is 1.28. The van der Waals surface area contributed by atoms with Crippen LogP contribution in [0.4, 0.5) is 5.69 Å². The summed E-state index contributed by atoms with van der Waals surface area (Å²) in [6, 6.07) is 10.4. The molecule has 3 nitrogen and oxygen atoms in total. The van der Waals surface area contributed by atoms with Gasteiger partial charge in [0, 0.05) is 19.3 Å². The first-order valence-electron chi connectivity index (χ1n) is 5.89. The molecule has 0 aromatic heterocycles. The highest BCUT2D eigenvalue weighted by atomic mass is 32.1. The summed E-state index contributed by atoms with van der Waals surface area (Å²) in [7, 11) is 2.02. The van der Waals surface area contributed by atoms with Gasteiger partial charge in [0.05, 0.1) is 12.1 Å². The van der Waals surface area contributed by atoms with Crippen molar-refractivity contribution in [3.63, 3.8) is 0 Å².